The molecule has 0 aromatic carbocycles. The highest BCUT2D eigenvalue weighted by atomic mass is 16.3. The van der Waals surface area contributed by atoms with Gasteiger partial charge in [0.15, 0.2) is 0 Å². The molecule has 29 heavy (non-hydrogen) atoms. The van der Waals surface area contributed by atoms with Gasteiger partial charge in [-0.05, 0) is 44.9 Å². The Morgan fingerprint density at radius 1 is 0.552 bits per heavy atom. The van der Waals surface area contributed by atoms with Crippen molar-refractivity contribution >= 4 is 0 Å². The summed E-state index contributed by atoms with van der Waals surface area (Å²) in [7, 11) is 0. The monoisotopic (exact) mass is 411 g/mol. The molecule has 0 amide bonds. The number of nitrogens with two attached hydrogens (primary N) is 1. The van der Waals surface area contributed by atoms with E-state index in [2.05, 4.69) is 19.1 Å². The zero-order valence-corrected chi connectivity index (χ0v) is 19.7. The van der Waals surface area contributed by atoms with Crippen LogP contribution in [-0.2, 0) is 0 Å². The smallest absolute Gasteiger partial charge is 0.0448 e. The standard InChI is InChI=1S/C26H53NO2/c1-2-3-4-5-6-7-8-9-10-11-12-13-14-15-16-17-18-19-20-21-26(27,22-24-28)23-25-29/h9-10,28-29H,2-8,11-25,27H2,1H3. The Hall–Kier alpha value is -0.380. The molecule has 0 heterocycles. The zero-order chi connectivity index (χ0) is 21.5. The Labute approximate surface area is 182 Å². The molecule has 0 bridgehead atoms. The van der Waals surface area contributed by atoms with E-state index >= 15 is 0 Å². The lowest BCUT2D eigenvalue weighted by Gasteiger charge is -2.28. The average molecular weight is 412 g/mol. The summed E-state index contributed by atoms with van der Waals surface area (Å²) >= 11 is 0. The van der Waals surface area contributed by atoms with E-state index in [1.165, 1.54) is 103 Å². The van der Waals surface area contributed by atoms with Gasteiger partial charge in [-0.1, -0.05) is 103 Å². The first-order valence-electron chi connectivity index (χ1n) is 12.8. The molecule has 0 aromatic heterocycles. The van der Waals surface area contributed by atoms with Crippen LogP contribution in [0.25, 0.3) is 0 Å². The van der Waals surface area contributed by atoms with Gasteiger partial charge in [-0.3, -0.25) is 0 Å². The topological polar surface area (TPSA) is 66.5 Å². The van der Waals surface area contributed by atoms with Crippen molar-refractivity contribution in [2.24, 2.45) is 5.73 Å². The van der Waals surface area contributed by atoms with Crippen molar-refractivity contribution in [3.8, 4) is 0 Å². The summed E-state index contributed by atoms with van der Waals surface area (Å²) in [5.74, 6) is 0. The van der Waals surface area contributed by atoms with Crippen LogP contribution >= 0.6 is 0 Å². The van der Waals surface area contributed by atoms with Crippen LogP contribution in [0, 0.1) is 0 Å². The zero-order valence-electron chi connectivity index (χ0n) is 19.7. The van der Waals surface area contributed by atoms with Gasteiger partial charge >= 0.3 is 0 Å². The molecule has 0 aliphatic heterocycles. The molecule has 3 heteroatoms. The molecule has 0 atom stereocenters. The second-order valence-corrected chi connectivity index (χ2v) is 9.06. The van der Waals surface area contributed by atoms with Crippen molar-refractivity contribution in [3.05, 3.63) is 12.2 Å². The van der Waals surface area contributed by atoms with E-state index in [4.69, 9.17) is 15.9 Å². The second kappa shape index (κ2) is 22.3. The summed E-state index contributed by atoms with van der Waals surface area (Å²) in [5, 5.41) is 18.2. The van der Waals surface area contributed by atoms with Gasteiger partial charge in [0.1, 0.15) is 0 Å². The lowest BCUT2D eigenvalue weighted by Crippen LogP contribution is -2.41. The number of unbranched alkanes of at least 4 members (excludes halogenated alkanes) is 15. The summed E-state index contributed by atoms with van der Waals surface area (Å²) < 4.78 is 0. The van der Waals surface area contributed by atoms with Crippen LogP contribution in [0.1, 0.15) is 135 Å². The molecule has 174 valence electrons. The minimum atomic E-state index is -0.368. The van der Waals surface area contributed by atoms with Crippen LogP contribution in [0.3, 0.4) is 0 Å². The molecule has 0 radical (unpaired) electrons. The van der Waals surface area contributed by atoms with Gasteiger partial charge in [0.2, 0.25) is 0 Å². The summed E-state index contributed by atoms with van der Waals surface area (Å²) in [4.78, 5) is 0. The summed E-state index contributed by atoms with van der Waals surface area (Å²) in [6.45, 7) is 2.51. The predicted molar refractivity (Wildman–Crippen MR) is 128 cm³/mol. The molecule has 0 fully saturated rings. The number of rotatable bonds is 23. The molecular weight excluding hydrogens is 358 g/mol. The van der Waals surface area contributed by atoms with Gasteiger partial charge in [-0.15, -0.1) is 0 Å². The number of allylic oxidation sites excluding steroid dienone is 2. The Morgan fingerprint density at radius 3 is 1.34 bits per heavy atom. The fraction of sp³-hybridized carbons (Fsp3) is 0.923. The van der Waals surface area contributed by atoms with E-state index in [1.807, 2.05) is 0 Å². The molecular formula is C26H53NO2. The lowest BCUT2D eigenvalue weighted by atomic mass is 9.87. The molecule has 4 N–H and O–H groups in total. The van der Waals surface area contributed by atoms with Crippen molar-refractivity contribution in [2.45, 2.75) is 141 Å². The van der Waals surface area contributed by atoms with Gasteiger partial charge in [0.05, 0.1) is 0 Å². The quantitative estimate of drug-likeness (QED) is 0.125. The minimum absolute atomic E-state index is 0.116. The van der Waals surface area contributed by atoms with Crippen LogP contribution in [0.4, 0.5) is 0 Å². The van der Waals surface area contributed by atoms with Crippen LogP contribution in [0.15, 0.2) is 12.2 Å². The van der Waals surface area contributed by atoms with E-state index in [1.54, 1.807) is 0 Å². The number of hydrogen-bond acceptors (Lipinski definition) is 3. The Kier molecular flexibility index (Phi) is 22.0. The van der Waals surface area contributed by atoms with Gasteiger partial charge in [-0.25, -0.2) is 0 Å². The van der Waals surface area contributed by atoms with Crippen LogP contribution in [0.5, 0.6) is 0 Å². The van der Waals surface area contributed by atoms with Gasteiger partial charge in [-0.2, -0.15) is 0 Å². The predicted octanol–water partition coefficient (Wildman–Crippen LogP) is 7.05. The molecule has 0 saturated heterocycles. The van der Waals surface area contributed by atoms with Crippen LogP contribution in [-0.4, -0.2) is 29.0 Å². The summed E-state index contributed by atoms with van der Waals surface area (Å²) in [5.41, 5.74) is 5.90. The Bertz CT molecular complexity index is 338. The van der Waals surface area contributed by atoms with E-state index in [0.717, 1.165) is 12.8 Å². The third-order valence-electron chi connectivity index (χ3n) is 6.16. The normalized spacial score (nSPS) is 12.3. The highest BCUT2D eigenvalue weighted by Crippen LogP contribution is 2.21. The first-order valence-corrected chi connectivity index (χ1v) is 12.8. The lowest BCUT2D eigenvalue weighted by molar-refractivity contribution is 0.183. The fourth-order valence-electron chi connectivity index (χ4n) is 4.08. The van der Waals surface area contributed by atoms with Gasteiger partial charge in [0.25, 0.3) is 0 Å². The first kappa shape index (κ1) is 28.6. The highest BCUT2D eigenvalue weighted by molar-refractivity contribution is 4.83. The number of aliphatic hydroxyl groups is 2. The highest BCUT2D eigenvalue weighted by Gasteiger charge is 2.22. The Balaban J connectivity index is 3.30. The minimum Gasteiger partial charge on any atom is -0.396 e. The van der Waals surface area contributed by atoms with E-state index in [9.17, 15) is 0 Å². The van der Waals surface area contributed by atoms with E-state index in [0.29, 0.717) is 12.8 Å². The van der Waals surface area contributed by atoms with Crippen molar-refractivity contribution < 1.29 is 10.2 Å². The Morgan fingerprint density at radius 2 is 0.931 bits per heavy atom. The molecule has 0 unspecified atom stereocenters. The molecule has 0 aromatic rings. The second-order valence-electron chi connectivity index (χ2n) is 9.06. The van der Waals surface area contributed by atoms with Crippen molar-refractivity contribution in [1.82, 2.24) is 0 Å². The maximum atomic E-state index is 9.12. The molecule has 3 nitrogen and oxygen atoms in total. The molecule has 0 spiro atoms. The first-order chi connectivity index (χ1) is 14.2. The number of aliphatic hydroxyl groups excluding tert-OH is 2. The maximum Gasteiger partial charge on any atom is 0.0448 e. The molecule has 0 aliphatic carbocycles. The molecule has 0 aliphatic rings. The maximum absolute atomic E-state index is 9.12. The largest absolute Gasteiger partial charge is 0.396 e. The SMILES string of the molecule is CCCCCCCCC=CCCCCCCCCCCCC(N)(CCO)CCO. The van der Waals surface area contributed by atoms with Gasteiger partial charge in [0, 0.05) is 18.8 Å². The third kappa shape index (κ3) is 20.7. The van der Waals surface area contributed by atoms with Crippen LogP contribution < -0.4 is 5.73 Å². The van der Waals surface area contributed by atoms with Crippen LogP contribution in [0.2, 0.25) is 0 Å². The van der Waals surface area contributed by atoms with E-state index in [-0.39, 0.29) is 18.8 Å². The molecule has 0 saturated carbocycles. The summed E-state index contributed by atoms with van der Waals surface area (Å²) in [6.07, 6.45) is 29.6. The van der Waals surface area contributed by atoms with Crippen molar-refractivity contribution in [3.63, 3.8) is 0 Å². The van der Waals surface area contributed by atoms with Crippen molar-refractivity contribution in [1.29, 1.82) is 0 Å². The third-order valence-corrected chi connectivity index (χ3v) is 6.16. The number of hydrogen-bond donors (Lipinski definition) is 3. The van der Waals surface area contributed by atoms with Gasteiger partial charge < -0.3 is 15.9 Å². The van der Waals surface area contributed by atoms with Crippen molar-refractivity contribution in [2.75, 3.05) is 13.2 Å². The van der Waals surface area contributed by atoms with E-state index < -0.39 is 0 Å². The fourth-order valence-corrected chi connectivity index (χ4v) is 4.08. The summed E-state index contributed by atoms with van der Waals surface area (Å²) in [6, 6.07) is 0. The molecule has 0 rings (SSSR count). The average Bonchev–Trinajstić information content (AvgIpc) is 2.70.